The second kappa shape index (κ2) is 10.1. The standard InChI is InChI=1S/C22H23ClFN5OS/c23-17-3-7-19(8-4-17)26-21(30)25-14-16-9-11-29(12-10-16)22-27-20(28-31-22)13-15-1-5-18(24)6-2-15/h1-8,16H,9-14H2,(H2,25,26,30). The smallest absolute Gasteiger partial charge is 0.319 e. The second-order valence-corrected chi connectivity index (χ2v) is 8.74. The summed E-state index contributed by atoms with van der Waals surface area (Å²) in [6.07, 6.45) is 2.56. The SMILES string of the molecule is O=C(NCC1CCN(c2nc(Cc3ccc(F)cc3)ns2)CC1)Nc1ccc(Cl)cc1. The fourth-order valence-electron chi connectivity index (χ4n) is 3.50. The molecule has 2 heterocycles. The average Bonchev–Trinajstić information content (AvgIpc) is 3.24. The monoisotopic (exact) mass is 459 g/mol. The van der Waals surface area contributed by atoms with Crippen molar-refractivity contribution >= 4 is 40.0 Å². The molecule has 0 unspecified atom stereocenters. The van der Waals surface area contributed by atoms with E-state index in [-0.39, 0.29) is 11.8 Å². The summed E-state index contributed by atoms with van der Waals surface area (Å²) in [5.74, 6) is 0.948. The minimum atomic E-state index is -0.240. The Morgan fingerprint density at radius 3 is 2.55 bits per heavy atom. The van der Waals surface area contributed by atoms with Crippen LogP contribution in [0.5, 0.6) is 0 Å². The zero-order chi connectivity index (χ0) is 21.6. The van der Waals surface area contributed by atoms with Crippen molar-refractivity contribution in [1.82, 2.24) is 14.7 Å². The molecule has 0 bridgehead atoms. The van der Waals surface area contributed by atoms with Gasteiger partial charge in [0.05, 0.1) is 0 Å². The number of carbonyl (C=O) groups is 1. The maximum absolute atomic E-state index is 13.0. The Hall–Kier alpha value is -2.71. The lowest BCUT2D eigenvalue weighted by atomic mass is 9.97. The van der Waals surface area contributed by atoms with Gasteiger partial charge in [-0.3, -0.25) is 0 Å². The molecule has 4 rings (SSSR count). The molecule has 1 aliphatic rings. The van der Waals surface area contributed by atoms with Crippen molar-refractivity contribution in [3.05, 3.63) is 70.8 Å². The number of rotatable bonds is 6. The molecule has 0 spiro atoms. The minimum Gasteiger partial charge on any atom is -0.347 e. The van der Waals surface area contributed by atoms with Crippen LogP contribution in [0.1, 0.15) is 24.2 Å². The maximum atomic E-state index is 13.0. The quantitative estimate of drug-likeness (QED) is 0.546. The van der Waals surface area contributed by atoms with Gasteiger partial charge in [-0.1, -0.05) is 23.7 Å². The van der Waals surface area contributed by atoms with Gasteiger partial charge in [-0.25, -0.2) is 14.2 Å². The number of anilines is 2. The van der Waals surface area contributed by atoms with Gasteiger partial charge in [0.2, 0.25) is 5.13 Å². The minimum absolute atomic E-state index is 0.209. The van der Waals surface area contributed by atoms with Crippen molar-refractivity contribution in [3.8, 4) is 0 Å². The molecule has 0 atom stereocenters. The van der Waals surface area contributed by atoms with Crippen LogP contribution in [-0.2, 0) is 6.42 Å². The van der Waals surface area contributed by atoms with E-state index in [2.05, 4.69) is 24.9 Å². The number of benzene rings is 2. The van der Waals surface area contributed by atoms with Crippen LogP contribution in [0.3, 0.4) is 0 Å². The predicted molar refractivity (Wildman–Crippen MR) is 123 cm³/mol. The predicted octanol–water partition coefficient (Wildman–Crippen LogP) is 4.96. The average molecular weight is 460 g/mol. The van der Waals surface area contributed by atoms with E-state index in [9.17, 15) is 9.18 Å². The number of nitrogens with one attached hydrogen (secondary N) is 2. The number of carbonyl (C=O) groups excluding carboxylic acids is 1. The summed E-state index contributed by atoms with van der Waals surface area (Å²) in [6, 6.07) is 13.2. The van der Waals surface area contributed by atoms with E-state index in [0.717, 1.165) is 42.5 Å². The summed E-state index contributed by atoms with van der Waals surface area (Å²) < 4.78 is 17.5. The van der Waals surface area contributed by atoms with E-state index >= 15 is 0 Å². The third-order valence-electron chi connectivity index (χ3n) is 5.27. The van der Waals surface area contributed by atoms with E-state index in [1.165, 1.54) is 23.7 Å². The number of piperidine rings is 1. The Kier molecular flexibility index (Phi) is 6.99. The zero-order valence-corrected chi connectivity index (χ0v) is 18.4. The summed E-state index contributed by atoms with van der Waals surface area (Å²) in [5, 5.41) is 7.32. The molecule has 9 heteroatoms. The topological polar surface area (TPSA) is 70.2 Å². The molecular formula is C22H23ClFN5OS. The molecule has 0 aliphatic carbocycles. The van der Waals surface area contributed by atoms with Gasteiger partial charge < -0.3 is 15.5 Å². The normalized spacial score (nSPS) is 14.5. The highest BCUT2D eigenvalue weighted by molar-refractivity contribution is 7.09. The number of urea groups is 1. The molecule has 31 heavy (non-hydrogen) atoms. The fourth-order valence-corrected chi connectivity index (χ4v) is 4.37. The van der Waals surface area contributed by atoms with Crippen LogP contribution < -0.4 is 15.5 Å². The Morgan fingerprint density at radius 2 is 1.84 bits per heavy atom. The van der Waals surface area contributed by atoms with Crippen molar-refractivity contribution in [2.45, 2.75) is 19.3 Å². The lowest BCUT2D eigenvalue weighted by Crippen LogP contribution is -2.39. The molecule has 1 saturated heterocycles. The largest absolute Gasteiger partial charge is 0.347 e. The second-order valence-electron chi connectivity index (χ2n) is 7.57. The van der Waals surface area contributed by atoms with Crippen LogP contribution in [0.4, 0.5) is 20.0 Å². The van der Waals surface area contributed by atoms with Crippen molar-refractivity contribution in [2.24, 2.45) is 5.92 Å². The highest BCUT2D eigenvalue weighted by Gasteiger charge is 2.22. The van der Waals surface area contributed by atoms with Crippen molar-refractivity contribution in [1.29, 1.82) is 0 Å². The van der Waals surface area contributed by atoms with Crippen molar-refractivity contribution < 1.29 is 9.18 Å². The summed E-state index contributed by atoms with van der Waals surface area (Å²) in [5.41, 5.74) is 1.71. The van der Waals surface area contributed by atoms with Crippen LogP contribution >= 0.6 is 23.1 Å². The molecule has 162 valence electrons. The van der Waals surface area contributed by atoms with Gasteiger partial charge in [0.1, 0.15) is 11.6 Å². The van der Waals surface area contributed by atoms with Crippen LogP contribution in [0.2, 0.25) is 5.02 Å². The molecule has 0 saturated carbocycles. The fraction of sp³-hybridized carbons (Fsp3) is 0.318. The van der Waals surface area contributed by atoms with Gasteiger partial charge in [-0.05, 0) is 60.7 Å². The van der Waals surface area contributed by atoms with E-state index in [0.29, 0.717) is 29.6 Å². The highest BCUT2D eigenvalue weighted by Crippen LogP contribution is 2.25. The number of hydrogen-bond donors (Lipinski definition) is 2. The molecule has 6 nitrogen and oxygen atoms in total. The summed E-state index contributed by atoms with van der Waals surface area (Å²) in [4.78, 5) is 19.0. The first-order chi connectivity index (χ1) is 15.0. The van der Waals surface area contributed by atoms with Crippen molar-refractivity contribution in [2.75, 3.05) is 29.9 Å². The first-order valence-corrected chi connectivity index (χ1v) is 11.3. The third-order valence-corrected chi connectivity index (χ3v) is 6.34. The van der Waals surface area contributed by atoms with Crippen LogP contribution in [-0.4, -0.2) is 35.0 Å². The van der Waals surface area contributed by atoms with E-state index in [1.54, 1.807) is 36.4 Å². The molecule has 2 aromatic carbocycles. The van der Waals surface area contributed by atoms with Gasteiger partial charge >= 0.3 is 6.03 Å². The summed E-state index contributed by atoms with van der Waals surface area (Å²) in [7, 11) is 0. The first-order valence-electron chi connectivity index (χ1n) is 10.2. The number of hydrogen-bond acceptors (Lipinski definition) is 5. The van der Waals surface area contributed by atoms with Gasteiger partial charge in [-0.2, -0.15) is 4.37 Å². The molecular weight excluding hydrogens is 437 g/mol. The lowest BCUT2D eigenvalue weighted by molar-refractivity contribution is 0.248. The summed E-state index contributed by atoms with van der Waals surface area (Å²) >= 11 is 7.26. The zero-order valence-electron chi connectivity index (χ0n) is 16.9. The van der Waals surface area contributed by atoms with Crippen LogP contribution in [0.25, 0.3) is 0 Å². The molecule has 1 aliphatic heterocycles. The molecule has 1 aromatic heterocycles. The highest BCUT2D eigenvalue weighted by atomic mass is 35.5. The summed E-state index contributed by atoms with van der Waals surface area (Å²) in [6.45, 7) is 2.41. The molecule has 1 fully saturated rings. The van der Waals surface area contributed by atoms with Gasteiger partial charge in [0.25, 0.3) is 0 Å². The van der Waals surface area contributed by atoms with Crippen molar-refractivity contribution in [3.63, 3.8) is 0 Å². The number of nitrogens with zero attached hydrogens (tertiary/aromatic N) is 3. The Labute approximate surface area is 189 Å². The Morgan fingerprint density at radius 1 is 1.13 bits per heavy atom. The molecule has 2 amide bonds. The van der Waals surface area contributed by atoms with E-state index < -0.39 is 0 Å². The molecule has 3 aromatic rings. The Balaban J connectivity index is 1.21. The maximum Gasteiger partial charge on any atom is 0.319 e. The Bertz CT molecular complexity index is 1000. The van der Waals surface area contributed by atoms with Crippen LogP contribution in [0.15, 0.2) is 48.5 Å². The van der Waals surface area contributed by atoms with Gasteiger partial charge in [0.15, 0.2) is 0 Å². The van der Waals surface area contributed by atoms with E-state index in [4.69, 9.17) is 11.6 Å². The number of amides is 2. The van der Waals surface area contributed by atoms with Gasteiger partial charge in [-0.15, -0.1) is 0 Å². The van der Waals surface area contributed by atoms with Gasteiger partial charge in [0, 0.05) is 48.3 Å². The number of halogens is 2. The third kappa shape index (κ3) is 6.15. The van der Waals surface area contributed by atoms with E-state index in [1.807, 2.05) is 0 Å². The molecule has 2 N–H and O–H groups in total. The number of aromatic nitrogens is 2. The first kappa shape index (κ1) is 21.5. The van der Waals surface area contributed by atoms with Crippen LogP contribution in [0, 0.1) is 11.7 Å². The lowest BCUT2D eigenvalue weighted by Gasteiger charge is -2.31. The molecule has 0 radical (unpaired) electrons.